The van der Waals surface area contributed by atoms with Crippen LogP contribution in [-0.2, 0) is 0 Å². The van der Waals surface area contributed by atoms with E-state index in [-0.39, 0.29) is 0 Å². The maximum Gasteiger partial charge on any atom is 0.00892 e. The van der Waals surface area contributed by atoms with Crippen LogP contribution in [0.5, 0.6) is 0 Å². The van der Waals surface area contributed by atoms with E-state index >= 15 is 0 Å². The van der Waals surface area contributed by atoms with Gasteiger partial charge in [0.1, 0.15) is 0 Å². The molecule has 0 aromatic carbocycles. The summed E-state index contributed by atoms with van der Waals surface area (Å²) in [5.74, 6) is 2.57. The van der Waals surface area contributed by atoms with Crippen molar-refractivity contribution in [3.05, 3.63) is 24.8 Å². The monoisotopic (exact) mass is 120 g/mol. The summed E-state index contributed by atoms with van der Waals surface area (Å²) in [4.78, 5) is 0. The standard InChI is InChI=1S/C9H12/c1-4-6-7-8-9(3)5-2/h1,5H,2-3,6-8H2. The molecule has 0 heterocycles. The summed E-state index contributed by atoms with van der Waals surface area (Å²) in [5.41, 5.74) is 1.07. The van der Waals surface area contributed by atoms with Crippen LogP contribution >= 0.6 is 0 Å². The Labute approximate surface area is 57.3 Å². The summed E-state index contributed by atoms with van der Waals surface area (Å²) in [6.45, 7) is 7.35. The van der Waals surface area contributed by atoms with Gasteiger partial charge in [-0.1, -0.05) is 24.8 Å². The van der Waals surface area contributed by atoms with Crippen molar-refractivity contribution in [3.8, 4) is 12.3 Å². The lowest BCUT2D eigenvalue weighted by Crippen LogP contribution is -1.75. The molecule has 9 heavy (non-hydrogen) atoms. The van der Waals surface area contributed by atoms with Gasteiger partial charge < -0.3 is 0 Å². The van der Waals surface area contributed by atoms with Crippen LogP contribution in [0.2, 0.25) is 0 Å². The molecule has 0 fully saturated rings. The Balaban J connectivity index is 3.19. The van der Waals surface area contributed by atoms with Crippen molar-refractivity contribution in [3.63, 3.8) is 0 Å². The summed E-state index contributed by atoms with van der Waals surface area (Å²) in [6, 6.07) is 0. The third kappa shape index (κ3) is 4.90. The minimum absolute atomic E-state index is 0.840. The van der Waals surface area contributed by atoms with Gasteiger partial charge in [-0.2, -0.15) is 0 Å². The van der Waals surface area contributed by atoms with E-state index in [0.29, 0.717) is 0 Å². The third-order valence-corrected chi connectivity index (χ3v) is 1.11. The van der Waals surface area contributed by atoms with Crippen LogP contribution in [-0.4, -0.2) is 0 Å². The van der Waals surface area contributed by atoms with Crippen molar-refractivity contribution in [2.45, 2.75) is 19.3 Å². The number of rotatable bonds is 4. The fraction of sp³-hybridized carbons (Fsp3) is 0.333. The SMILES string of the molecule is C#CCCCC(=C)C=C. The van der Waals surface area contributed by atoms with Gasteiger partial charge in [-0.25, -0.2) is 0 Å². The first-order chi connectivity index (χ1) is 4.31. The van der Waals surface area contributed by atoms with E-state index in [1.54, 1.807) is 6.08 Å². The van der Waals surface area contributed by atoms with Gasteiger partial charge in [-0.15, -0.1) is 12.3 Å². The topological polar surface area (TPSA) is 0 Å². The molecular weight excluding hydrogens is 108 g/mol. The summed E-state index contributed by atoms with van der Waals surface area (Å²) in [7, 11) is 0. The minimum Gasteiger partial charge on any atom is -0.120 e. The zero-order chi connectivity index (χ0) is 7.11. The van der Waals surface area contributed by atoms with Crippen LogP contribution in [0.4, 0.5) is 0 Å². The summed E-state index contributed by atoms with van der Waals surface area (Å²) >= 11 is 0. The molecule has 0 saturated carbocycles. The number of allylic oxidation sites excluding steroid dienone is 2. The van der Waals surface area contributed by atoms with Crippen molar-refractivity contribution in [2.75, 3.05) is 0 Å². The van der Waals surface area contributed by atoms with Crippen LogP contribution in [0.1, 0.15) is 19.3 Å². The smallest absolute Gasteiger partial charge is 0.00892 e. The van der Waals surface area contributed by atoms with E-state index in [2.05, 4.69) is 19.1 Å². The second kappa shape index (κ2) is 5.18. The second-order valence-electron chi connectivity index (χ2n) is 1.92. The predicted molar refractivity (Wildman–Crippen MR) is 42.0 cm³/mol. The van der Waals surface area contributed by atoms with Gasteiger partial charge in [0.05, 0.1) is 0 Å². The van der Waals surface area contributed by atoms with Gasteiger partial charge in [0, 0.05) is 6.42 Å². The van der Waals surface area contributed by atoms with Crippen LogP contribution in [0.15, 0.2) is 24.8 Å². The molecule has 0 saturated heterocycles. The first-order valence-corrected chi connectivity index (χ1v) is 3.05. The molecule has 0 spiro atoms. The van der Waals surface area contributed by atoms with Gasteiger partial charge >= 0.3 is 0 Å². The molecule has 0 aliphatic carbocycles. The van der Waals surface area contributed by atoms with E-state index < -0.39 is 0 Å². The van der Waals surface area contributed by atoms with E-state index in [1.165, 1.54) is 0 Å². The number of terminal acetylenes is 1. The molecule has 0 atom stereocenters. The summed E-state index contributed by atoms with van der Waals surface area (Å²) in [6.07, 6.45) is 9.67. The van der Waals surface area contributed by atoms with Crippen LogP contribution in [0.3, 0.4) is 0 Å². The van der Waals surface area contributed by atoms with Crippen LogP contribution in [0.25, 0.3) is 0 Å². The number of hydrogen-bond acceptors (Lipinski definition) is 0. The molecule has 0 heteroatoms. The first-order valence-electron chi connectivity index (χ1n) is 3.05. The molecule has 0 nitrogen and oxygen atoms in total. The summed E-state index contributed by atoms with van der Waals surface area (Å²) in [5, 5.41) is 0. The molecule has 0 aromatic heterocycles. The van der Waals surface area contributed by atoms with Gasteiger partial charge in [0.2, 0.25) is 0 Å². The Morgan fingerprint density at radius 2 is 2.33 bits per heavy atom. The molecule has 0 bridgehead atoms. The lowest BCUT2D eigenvalue weighted by molar-refractivity contribution is 0.865. The molecular formula is C9H12. The van der Waals surface area contributed by atoms with E-state index in [0.717, 1.165) is 24.8 Å². The van der Waals surface area contributed by atoms with E-state index in [9.17, 15) is 0 Å². The maximum atomic E-state index is 5.05. The van der Waals surface area contributed by atoms with Crippen molar-refractivity contribution in [1.29, 1.82) is 0 Å². The quantitative estimate of drug-likeness (QED) is 0.304. The Bertz CT molecular complexity index is 135. The van der Waals surface area contributed by atoms with E-state index in [4.69, 9.17) is 6.42 Å². The zero-order valence-electron chi connectivity index (χ0n) is 5.69. The molecule has 0 aliphatic rings. The number of hydrogen-bond donors (Lipinski definition) is 0. The van der Waals surface area contributed by atoms with E-state index in [1.807, 2.05) is 0 Å². The Morgan fingerprint density at radius 1 is 1.67 bits per heavy atom. The molecule has 0 aromatic rings. The lowest BCUT2D eigenvalue weighted by Gasteiger charge is -1.93. The summed E-state index contributed by atoms with van der Waals surface area (Å²) < 4.78 is 0. The van der Waals surface area contributed by atoms with Crippen molar-refractivity contribution in [2.24, 2.45) is 0 Å². The van der Waals surface area contributed by atoms with Crippen molar-refractivity contribution < 1.29 is 0 Å². The molecule has 0 rings (SSSR count). The Kier molecular flexibility index (Phi) is 4.63. The number of unbranched alkanes of at least 4 members (excludes halogenated alkanes) is 1. The van der Waals surface area contributed by atoms with Gasteiger partial charge in [-0.05, 0) is 12.8 Å². The van der Waals surface area contributed by atoms with Gasteiger partial charge in [-0.3, -0.25) is 0 Å². The van der Waals surface area contributed by atoms with Crippen LogP contribution in [0, 0.1) is 12.3 Å². The van der Waals surface area contributed by atoms with Gasteiger partial charge in [0.15, 0.2) is 0 Å². The highest BCUT2D eigenvalue weighted by Crippen LogP contribution is 2.03. The second-order valence-corrected chi connectivity index (χ2v) is 1.92. The van der Waals surface area contributed by atoms with Crippen molar-refractivity contribution >= 4 is 0 Å². The molecule has 0 unspecified atom stereocenters. The molecule has 0 N–H and O–H groups in total. The maximum absolute atomic E-state index is 5.05. The Hall–Kier alpha value is -0.960. The average molecular weight is 120 g/mol. The highest BCUT2D eigenvalue weighted by atomic mass is 13.9. The van der Waals surface area contributed by atoms with Crippen LogP contribution < -0.4 is 0 Å². The lowest BCUT2D eigenvalue weighted by atomic mass is 10.1. The molecule has 48 valence electrons. The molecule has 0 aliphatic heterocycles. The van der Waals surface area contributed by atoms with Gasteiger partial charge in [0.25, 0.3) is 0 Å². The largest absolute Gasteiger partial charge is 0.120 e. The molecule has 0 radical (unpaired) electrons. The fourth-order valence-corrected chi connectivity index (χ4v) is 0.520. The average Bonchev–Trinajstić information content (AvgIpc) is 1.89. The fourth-order valence-electron chi connectivity index (χ4n) is 0.520. The predicted octanol–water partition coefficient (Wildman–Crippen LogP) is 2.53. The Morgan fingerprint density at radius 3 is 2.78 bits per heavy atom. The minimum atomic E-state index is 0.840. The third-order valence-electron chi connectivity index (χ3n) is 1.11. The highest BCUT2D eigenvalue weighted by molar-refractivity contribution is 5.10. The first kappa shape index (κ1) is 8.04. The zero-order valence-corrected chi connectivity index (χ0v) is 5.69. The normalized spacial score (nSPS) is 7.89. The highest BCUT2D eigenvalue weighted by Gasteiger charge is 1.85. The van der Waals surface area contributed by atoms with Crippen molar-refractivity contribution in [1.82, 2.24) is 0 Å². The molecule has 0 amide bonds.